The summed E-state index contributed by atoms with van der Waals surface area (Å²) in [6.45, 7) is 3.85. The first-order valence-electron chi connectivity index (χ1n) is 7.81. The molecule has 2 N–H and O–H groups in total. The molecule has 24 heavy (non-hydrogen) atoms. The highest BCUT2D eigenvalue weighted by Gasteiger charge is 2.27. The molecule has 1 aromatic carbocycles. The lowest BCUT2D eigenvalue weighted by Crippen LogP contribution is -2.26. The summed E-state index contributed by atoms with van der Waals surface area (Å²) in [7, 11) is -3.44. The lowest BCUT2D eigenvalue weighted by molar-refractivity contribution is 0.0949. The number of carbonyl (C=O) groups excluding carboxylic acids is 1. The highest BCUT2D eigenvalue weighted by molar-refractivity contribution is 7.89. The molecule has 1 amide bonds. The summed E-state index contributed by atoms with van der Waals surface area (Å²) in [4.78, 5) is 12.4. The molecule has 0 aliphatic heterocycles. The quantitative estimate of drug-likeness (QED) is 0.838. The topological polar surface area (TPSA) is 88.4 Å². The molecule has 0 atom stereocenters. The summed E-state index contributed by atoms with van der Waals surface area (Å²) in [5.74, 6) is 1.06. The van der Waals surface area contributed by atoms with Crippen molar-refractivity contribution in [2.45, 2.75) is 44.2 Å². The number of carbonyl (C=O) groups is 1. The Labute approximate surface area is 141 Å². The van der Waals surface area contributed by atoms with Crippen molar-refractivity contribution in [3.8, 4) is 0 Å². The fraction of sp³-hybridized carbons (Fsp3) is 0.353. The standard InChI is InChI=1S/C17H20N2O4S/c1-11-9-16(12(2)23-11)17(20)18-10-13-3-7-15(8-4-13)24(21,22)19-14-5-6-14/h3-4,7-9,14,19H,5-6,10H2,1-2H3,(H,18,20). The molecule has 2 aromatic rings. The van der Waals surface area contributed by atoms with Crippen molar-refractivity contribution in [1.29, 1.82) is 0 Å². The lowest BCUT2D eigenvalue weighted by Gasteiger charge is -2.08. The zero-order chi connectivity index (χ0) is 17.3. The molecule has 7 heteroatoms. The number of benzene rings is 1. The SMILES string of the molecule is Cc1cc(C(=O)NCc2ccc(S(=O)(=O)NC3CC3)cc2)c(C)o1. The minimum Gasteiger partial charge on any atom is -0.466 e. The van der Waals surface area contributed by atoms with E-state index >= 15 is 0 Å². The van der Waals surface area contributed by atoms with Gasteiger partial charge in [-0.1, -0.05) is 12.1 Å². The molecule has 0 radical (unpaired) electrons. The lowest BCUT2D eigenvalue weighted by atomic mass is 10.2. The number of furan rings is 1. The van der Waals surface area contributed by atoms with Crippen molar-refractivity contribution >= 4 is 15.9 Å². The van der Waals surface area contributed by atoms with Crippen LogP contribution in [0, 0.1) is 13.8 Å². The molecule has 1 aliphatic rings. The van der Waals surface area contributed by atoms with Gasteiger partial charge in [-0.25, -0.2) is 13.1 Å². The average molecular weight is 348 g/mol. The first kappa shape index (κ1) is 16.7. The van der Waals surface area contributed by atoms with Gasteiger partial charge in [0.25, 0.3) is 5.91 Å². The summed E-state index contributed by atoms with van der Waals surface area (Å²) in [5, 5.41) is 2.81. The van der Waals surface area contributed by atoms with E-state index in [1.807, 2.05) is 0 Å². The summed E-state index contributed by atoms with van der Waals surface area (Å²) in [6.07, 6.45) is 1.80. The van der Waals surface area contributed by atoms with Gasteiger partial charge in [-0.05, 0) is 50.5 Å². The van der Waals surface area contributed by atoms with Crippen molar-refractivity contribution < 1.29 is 17.6 Å². The largest absolute Gasteiger partial charge is 0.466 e. The second-order valence-electron chi connectivity index (χ2n) is 6.05. The molecule has 1 aromatic heterocycles. The van der Waals surface area contributed by atoms with Crippen LogP contribution in [0.5, 0.6) is 0 Å². The van der Waals surface area contributed by atoms with Crippen LogP contribution in [0.3, 0.4) is 0 Å². The van der Waals surface area contributed by atoms with Crippen LogP contribution < -0.4 is 10.0 Å². The minimum atomic E-state index is -3.44. The highest BCUT2D eigenvalue weighted by Crippen LogP contribution is 2.22. The molecule has 0 bridgehead atoms. The molecular weight excluding hydrogens is 328 g/mol. The van der Waals surface area contributed by atoms with Gasteiger partial charge in [0.15, 0.2) is 0 Å². The number of sulfonamides is 1. The maximum absolute atomic E-state index is 12.1. The van der Waals surface area contributed by atoms with Gasteiger partial charge in [-0.15, -0.1) is 0 Å². The van der Waals surface area contributed by atoms with Gasteiger partial charge in [-0.3, -0.25) is 4.79 Å². The van der Waals surface area contributed by atoms with E-state index < -0.39 is 10.0 Å². The van der Waals surface area contributed by atoms with Crippen LogP contribution in [-0.2, 0) is 16.6 Å². The monoisotopic (exact) mass is 348 g/mol. The molecule has 0 unspecified atom stereocenters. The van der Waals surface area contributed by atoms with Crippen molar-refractivity contribution in [2.24, 2.45) is 0 Å². The summed E-state index contributed by atoms with van der Waals surface area (Å²) in [5.41, 5.74) is 1.34. The number of amides is 1. The number of aryl methyl sites for hydroxylation is 2. The Bertz CT molecular complexity index is 849. The third-order valence-corrected chi connectivity index (χ3v) is 5.41. The van der Waals surface area contributed by atoms with Crippen LogP contribution in [0.15, 0.2) is 39.6 Å². The van der Waals surface area contributed by atoms with Gasteiger partial charge in [0.1, 0.15) is 11.5 Å². The summed E-state index contributed by atoms with van der Waals surface area (Å²) in [6, 6.07) is 8.29. The second kappa shape index (κ2) is 6.41. The van der Waals surface area contributed by atoms with Crippen LogP contribution >= 0.6 is 0 Å². The van der Waals surface area contributed by atoms with E-state index in [-0.39, 0.29) is 16.8 Å². The van der Waals surface area contributed by atoms with E-state index in [0.29, 0.717) is 23.6 Å². The molecule has 1 heterocycles. The predicted molar refractivity (Wildman–Crippen MR) is 89.1 cm³/mol. The number of hydrogen-bond acceptors (Lipinski definition) is 4. The van der Waals surface area contributed by atoms with Crippen molar-refractivity contribution in [3.63, 3.8) is 0 Å². The highest BCUT2D eigenvalue weighted by atomic mass is 32.2. The average Bonchev–Trinajstić information content (AvgIpc) is 3.27. The first-order chi connectivity index (χ1) is 11.3. The van der Waals surface area contributed by atoms with Crippen molar-refractivity contribution in [1.82, 2.24) is 10.0 Å². The smallest absolute Gasteiger partial charge is 0.255 e. The third-order valence-electron chi connectivity index (χ3n) is 3.87. The zero-order valence-corrected chi connectivity index (χ0v) is 14.4. The van der Waals surface area contributed by atoms with Gasteiger partial charge in [-0.2, -0.15) is 0 Å². The van der Waals surface area contributed by atoms with E-state index in [1.54, 1.807) is 44.2 Å². The summed E-state index contributed by atoms with van der Waals surface area (Å²) >= 11 is 0. The minimum absolute atomic E-state index is 0.0793. The molecule has 128 valence electrons. The predicted octanol–water partition coefficient (Wildman–Crippen LogP) is 2.27. The fourth-order valence-electron chi connectivity index (χ4n) is 2.41. The van der Waals surface area contributed by atoms with E-state index in [2.05, 4.69) is 10.0 Å². The Hall–Kier alpha value is -2.12. The van der Waals surface area contributed by atoms with E-state index in [1.165, 1.54) is 0 Å². The van der Waals surface area contributed by atoms with E-state index in [4.69, 9.17) is 4.42 Å². The second-order valence-corrected chi connectivity index (χ2v) is 7.76. The van der Waals surface area contributed by atoms with Gasteiger partial charge in [0.05, 0.1) is 10.5 Å². The Morgan fingerprint density at radius 3 is 2.42 bits per heavy atom. The number of nitrogens with one attached hydrogen (secondary N) is 2. The molecule has 1 aliphatic carbocycles. The maximum atomic E-state index is 12.1. The third kappa shape index (κ3) is 3.85. The van der Waals surface area contributed by atoms with Crippen molar-refractivity contribution in [2.75, 3.05) is 0 Å². The maximum Gasteiger partial charge on any atom is 0.255 e. The Morgan fingerprint density at radius 1 is 1.21 bits per heavy atom. The molecule has 1 fully saturated rings. The fourth-order valence-corrected chi connectivity index (χ4v) is 3.71. The zero-order valence-electron chi connectivity index (χ0n) is 13.6. The Balaban J connectivity index is 1.62. The van der Waals surface area contributed by atoms with Gasteiger partial charge >= 0.3 is 0 Å². The summed E-state index contributed by atoms with van der Waals surface area (Å²) < 4.78 is 32.2. The van der Waals surface area contributed by atoms with Gasteiger partial charge in [0, 0.05) is 12.6 Å². The van der Waals surface area contributed by atoms with Crippen molar-refractivity contribution in [3.05, 3.63) is 53.0 Å². The van der Waals surface area contributed by atoms with Crippen LogP contribution in [0.1, 0.15) is 40.3 Å². The van der Waals surface area contributed by atoms with Crippen LogP contribution in [0.2, 0.25) is 0 Å². The normalized spacial score (nSPS) is 14.6. The molecule has 1 saturated carbocycles. The number of hydrogen-bond donors (Lipinski definition) is 2. The molecule has 6 nitrogen and oxygen atoms in total. The van der Waals surface area contributed by atoms with Crippen LogP contribution in [0.25, 0.3) is 0 Å². The van der Waals surface area contributed by atoms with Gasteiger partial charge < -0.3 is 9.73 Å². The van der Waals surface area contributed by atoms with Crippen LogP contribution in [0.4, 0.5) is 0 Å². The van der Waals surface area contributed by atoms with E-state index in [0.717, 1.165) is 18.4 Å². The van der Waals surface area contributed by atoms with Crippen LogP contribution in [-0.4, -0.2) is 20.4 Å². The first-order valence-corrected chi connectivity index (χ1v) is 9.30. The number of rotatable bonds is 6. The Kier molecular flexibility index (Phi) is 4.47. The molecule has 3 rings (SSSR count). The van der Waals surface area contributed by atoms with Gasteiger partial charge in [0.2, 0.25) is 10.0 Å². The molecule has 0 spiro atoms. The van der Waals surface area contributed by atoms with E-state index in [9.17, 15) is 13.2 Å². The Morgan fingerprint density at radius 2 is 1.88 bits per heavy atom. The molecule has 0 saturated heterocycles. The molecular formula is C17H20N2O4S.